The summed E-state index contributed by atoms with van der Waals surface area (Å²) in [6.45, 7) is 10.5. The van der Waals surface area contributed by atoms with Gasteiger partial charge in [-0.05, 0) is 40.2 Å². The lowest BCUT2D eigenvalue weighted by molar-refractivity contribution is -0.131. The zero-order valence-electron chi connectivity index (χ0n) is 15.2. The highest BCUT2D eigenvalue weighted by molar-refractivity contribution is 7.55. The first-order valence-electron chi connectivity index (χ1n) is 8.49. The summed E-state index contributed by atoms with van der Waals surface area (Å²) in [6, 6.07) is 9.74. The number of hydrogen-bond acceptors (Lipinski definition) is 4. The molecule has 0 spiro atoms. The van der Waals surface area contributed by atoms with E-state index in [4.69, 9.17) is 9.05 Å². The van der Waals surface area contributed by atoms with E-state index < -0.39 is 13.3 Å². The van der Waals surface area contributed by atoms with Crippen LogP contribution in [0.4, 0.5) is 0 Å². The summed E-state index contributed by atoms with van der Waals surface area (Å²) >= 11 is 0. The summed E-state index contributed by atoms with van der Waals surface area (Å²) in [7, 11) is -3.54. The first-order chi connectivity index (χ1) is 11.2. The molecule has 1 aromatic rings. The van der Waals surface area contributed by atoms with Crippen molar-refractivity contribution in [2.45, 2.75) is 51.7 Å². The van der Waals surface area contributed by atoms with Crippen LogP contribution in [-0.4, -0.2) is 41.8 Å². The first kappa shape index (κ1) is 19.2. The van der Waals surface area contributed by atoms with Crippen LogP contribution in [0.5, 0.6) is 0 Å². The minimum atomic E-state index is -3.54. The van der Waals surface area contributed by atoms with Crippen LogP contribution in [0.25, 0.3) is 0 Å². The Morgan fingerprint density at radius 1 is 1.12 bits per heavy atom. The molecule has 0 N–H and O–H groups in total. The molecule has 1 aromatic carbocycles. The summed E-state index contributed by atoms with van der Waals surface area (Å²) < 4.78 is 24.4. The SMILES string of the molecule is CCOP(=O)(OCC)[C@H]1C(=O)N(C(C)(C)C)C[C@@H]1c1ccccc1. The molecule has 2 atom stereocenters. The Morgan fingerprint density at radius 3 is 2.12 bits per heavy atom. The molecule has 1 aliphatic rings. The average Bonchev–Trinajstić information content (AvgIpc) is 2.87. The molecule has 24 heavy (non-hydrogen) atoms. The number of rotatable bonds is 6. The van der Waals surface area contributed by atoms with E-state index in [2.05, 4.69) is 0 Å². The summed E-state index contributed by atoms with van der Waals surface area (Å²) in [5.41, 5.74) is -0.150. The highest BCUT2D eigenvalue weighted by atomic mass is 31.2. The van der Waals surface area contributed by atoms with E-state index in [0.29, 0.717) is 6.54 Å². The molecule has 134 valence electrons. The lowest BCUT2D eigenvalue weighted by atomic mass is 9.98. The summed E-state index contributed by atoms with van der Waals surface area (Å²) in [6.07, 6.45) is 0. The Bertz CT molecular complexity index is 601. The van der Waals surface area contributed by atoms with E-state index >= 15 is 0 Å². The summed E-state index contributed by atoms with van der Waals surface area (Å²) in [5, 5.41) is 0. The van der Waals surface area contributed by atoms with Crippen molar-refractivity contribution in [2.75, 3.05) is 19.8 Å². The molecule has 0 radical (unpaired) electrons. The predicted molar refractivity (Wildman–Crippen MR) is 95.3 cm³/mol. The van der Waals surface area contributed by atoms with Gasteiger partial charge in [0.05, 0.1) is 13.2 Å². The minimum absolute atomic E-state index is 0.151. The molecule has 1 saturated heterocycles. The van der Waals surface area contributed by atoms with Gasteiger partial charge >= 0.3 is 7.60 Å². The number of carbonyl (C=O) groups is 1. The van der Waals surface area contributed by atoms with E-state index in [1.165, 1.54) is 0 Å². The molecule has 0 aliphatic carbocycles. The van der Waals surface area contributed by atoms with E-state index in [1.54, 1.807) is 18.7 Å². The van der Waals surface area contributed by atoms with Crippen molar-refractivity contribution >= 4 is 13.5 Å². The monoisotopic (exact) mass is 353 g/mol. The molecule has 0 aromatic heterocycles. The van der Waals surface area contributed by atoms with Crippen LogP contribution in [0.15, 0.2) is 30.3 Å². The molecule has 1 heterocycles. The fourth-order valence-corrected chi connectivity index (χ4v) is 5.46. The fraction of sp³-hybridized carbons (Fsp3) is 0.611. The Hall–Kier alpha value is -1.16. The van der Waals surface area contributed by atoms with Gasteiger partial charge in [-0.3, -0.25) is 9.36 Å². The molecule has 0 unspecified atom stereocenters. The van der Waals surface area contributed by atoms with Crippen molar-refractivity contribution in [3.8, 4) is 0 Å². The largest absolute Gasteiger partial charge is 0.343 e. The van der Waals surface area contributed by atoms with Gasteiger partial charge in [0.1, 0.15) is 5.66 Å². The van der Waals surface area contributed by atoms with Crippen molar-refractivity contribution in [3.05, 3.63) is 35.9 Å². The second-order valence-electron chi connectivity index (χ2n) is 6.96. The standard InChI is InChI=1S/C18H28NO4P/c1-6-22-24(21,23-7-2)16-15(14-11-9-8-10-12-14)13-19(17(16)20)18(3,4)5/h8-12,15-16H,6-7,13H2,1-5H3/t15-,16-/m1/s1. The van der Waals surface area contributed by atoms with Crippen LogP contribution in [0.3, 0.4) is 0 Å². The van der Waals surface area contributed by atoms with Crippen molar-refractivity contribution in [3.63, 3.8) is 0 Å². The van der Waals surface area contributed by atoms with Crippen LogP contribution in [0, 0.1) is 0 Å². The normalized spacial score (nSPS) is 22.2. The highest BCUT2D eigenvalue weighted by Crippen LogP contribution is 2.60. The third kappa shape index (κ3) is 3.74. The van der Waals surface area contributed by atoms with Gasteiger partial charge in [-0.15, -0.1) is 0 Å². The molecular weight excluding hydrogens is 325 g/mol. The molecule has 6 heteroatoms. The van der Waals surface area contributed by atoms with E-state index in [-0.39, 0.29) is 30.6 Å². The van der Waals surface area contributed by atoms with Gasteiger partial charge in [-0.2, -0.15) is 0 Å². The predicted octanol–water partition coefficient (Wildman–Crippen LogP) is 4.05. The number of carbonyl (C=O) groups excluding carboxylic acids is 1. The van der Waals surface area contributed by atoms with Gasteiger partial charge in [0.15, 0.2) is 0 Å². The molecule has 1 amide bonds. The smallest absolute Gasteiger partial charge is 0.336 e. The molecule has 2 rings (SSSR count). The topological polar surface area (TPSA) is 55.8 Å². The van der Waals surface area contributed by atoms with Crippen molar-refractivity contribution < 1.29 is 18.4 Å². The summed E-state index contributed by atoms with van der Waals surface area (Å²) in [5.74, 6) is -0.358. The molecule has 0 bridgehead atoms. The molecule has 0 saturated carbocycles. The van der Waals surface area contributed by atoms with Gasteiger partial charge in [-0.25, -0.2) is 0 Å². The highest BCUT2D eigenvalue weighted by Gasteiger charge is 2.55. The fourth-order valence-electron chi connectivity index (χ4n) is 3.22. The Labute approximate surface area is 144 Å². The molecular formula is C18H28NO4P. The minimum Gasteiger partial charge on any atom is -0.336 e. The third-order valence-corrected chi connectivity index (χ3v) is 6.77. The van der Waals surface area contributed by atoms with Crippen molar-refractivity contribution in [1.29, 1.82) is 0 Å². The molecule has 5 nitrogen and oxygen atoms in total. The van der Waals surface area contributed by atoms with Crippen LogP contribution >= 0.6 is 7.60 Å². The number of amides is 1. The van der Waals surface area contributed by atoms with Crippen molar-refractivity contribution in [2.24, 2.45) is 0 Å². The van der Waals surface area contributed by atoms with Crippen LogP contribution in [0.2, 0.25) is 0 Å². The molecule has 1 fully saturated rings. The lowest BCUT2D eigenvalue weighted by Gasteiger charge is -2.32. The quantitative estimate of drug-likeness (QED) is 0.724. The third-order valence-electron chi connectivity index (χ3n) is 4.28. The van der Waals surface area contributed by atoms with Gasteiger partial charge in [-0.1, -0.05) is 30.3 Å². The van der Waals surface area contributed by atoms with Gasteiger partial charge in [0.2, 0.25) is 5.91 Å². The summed E-state index contributed by atoms with van der Waals surface area (Å²) in [4.78, 5) is 14.9. The maximum Gasteiger partial charge on any atom is 0.343 e. The number of likely N-dealkylation sites (tertiary alicyclic amines) is 1. The van der Waals surface area contributed by atoms with Crippen LogP contribution in [-0.2, 0) is 18.4 Å². The maximum absolute atomic E-state index is 13.4. The maximum atomic E-state index is 13.4. The lowest BCUT2D eigenvalue weighted by Crippen LogP contribution is -2.44. The molecule has 1 aliphatic heterocycles. The zero-order valence-corrected chi connectivity index (χ0v) is 16.1. The van der Waals surface area contributed by atoms with Crippen molar-refractivity contribution in [1.82, 2.24) is 4.90 Å². The number of benzene rings is 1. The number of hydrogen-bond donors (Lipinski definition) is 0. The Morgan fingerprint density at radius 2 is 1.67 bits per heavy atom. The van der Waals surface area contributed by atoms with Gasteiger partial charge < -0.3 is 13.9 Å². The average molecular weight is 353 g/mol. The second-order valence-corrected chi connectivity index (χ2v) is 9.11. The number of nitrogens with zero attached hydrogens (tertiary/aromatic N) is 1. The van der Waals surface area contributed by atoms with Gasteiger partial charge in [0, 0.05) is 18.0 Å². The zero-order chi connectivity index (χ0) is 18.0. The first-order valence-corrected chi connectivity index (χ1v) is 10.1. The van der Waals surface area contributed by atoms with Crippen LogP contribution < -0.4 is 0 Å². The van der Waals surface area contributed by atoms with E-state index in [1.807, 2.05) is 51.1 Å². The second kappa shape index (κ2) is 7.38. The van der Waals surface area contributed by atoms with Gasteiger partial charge in [0.25, 0.3) is 0 Å². The van der Waals surface area contributed by atoms with E-state index in [0.717, 1.165) is 5.56 Å². The Balaban J connectivity index is 2.50. The van der Waals surface area contributed by atoms with E-state index in [9.17, 15) is 9.36 Å². The Kier molecular flexibility index (Phi) is 5.90. The van der Waals surface area contributed by atoms with Crippen LogP contribution in [0.1, 0.15) is 46.1 Å².